The second-order valence-corrected chi connectivity index (χ2v) is 5.61. The Kier molecular flexibility index (Phi) is 8.55. The molecule has 0 spiro atoms. The summed E-state index contributed by atoms with van der Waals surface area (Å²) >= 11 is 0. The van der Waals surface area contributed by atoms with Gasteiger partial charge in [-0.3, -0.25) is 4.79 Å². The third-order valence-corrected chi connectivity index (χ3v) is 3.72. The van der Waals surface area contributed by atoms with Crippen molar-refractivity contribution in [2.45, 2.75) is 77.2 Å². The molecule has 0 aromatic rings. The molecule has 1 saturated heterocycles. The first kappa shape index (κ1) is 16.2. The van der Waals surface area contributed by atoms with Crippen LogP contribution in [0.2, 0.25) is 0 Å². The third kappa shape index (κ3) is 9.71. The summed E-state index contributed by atoms with van der Waals surface area (Å²) < 4.78 is 5.19. The molecular weight excluding hydrogens is 238 g/mol. The van der Waals surface area contributed by atoms with Gasteiger partial charge in [-0.1, -0.05) is 51.0 Å². The zero-order chi connectivity index (χ0) is 13.9. The second kappa shape index (κ2) is 10.0. The Morgan fingerprint density at radius 2 is 1.63 bits per heavy atom. The van der Waals surface area contributed by atoms with Crippen molar-refractivity contribution >= 4 is 5.91 Å². The molecule has 1 aliphatic rings. The number of unbranched alkanes of at least 4 members (excludes halogenated alkanes) is 8. The first-order valence-corrected chi connectivity index (χ1v) is 7.78. The summed E-state index contributed by atoms with van der Waals surface area (Å²) in [4.78, 5) is 10.8. The van der Waals surface area contributed by atoms with E-state index in [1.54, 1.807) is 6.92 Å². The van der Waals surface area contributed by atoms with Crippen LogP contribution in [0.5, 0.6) is 0 Å². The highest BCUT2D eigenvalue weighted by Crippen LogP contribution is 2.18. The monoisotopic (exact) mass is 267 g/mol. The first-order valence-electron chi connectivity index (χ1n) is 7.78. The van der Waals surface area contributed by atoms with Gasteiger partial charge < -0.3 is 10.5 Å². The number of allylic oxidation sites excluding steroid dienone is 1. The number of ether oxygens (including phenoxy) is 1. The van der Waals surface area contributed by atoms with Crippen LogP contribution in [-0.4, -0.2) is 18.6 Å². The van der Waals surface area contributed by atoms with Gasteiger partial charge in [-0.2, -0.15) is 0 Å². The molecule has 1 amide bonds. The molecule has 1 aliphatic heterocycles. The van der Waals surface area contributed by atoms with Gasteiger partial charge in [0.15, 0.2) is 0 Å². The van der Waals surface area contributed by atoms with E-state index in [1.807, 2.05) is 6.08 Å². The van der Waals surface area contributed by atoms with Crippen molar-refractivity contribution < 1.29 is 9.53 Å². The second-order valence-electron chi connectivity index (χ2n) is 5.61. The smallest absolute Gasteiger partial charge is 0.244 e. The highest BCUT2D eigenvalue weighted by molar-refractivity contribution is 5.91. The van der Waals surface area contributed by atoms with Gasteiger partial charge >= 0.3 is 0 Å². The van der Waals surface area contributed by atoms with E-state index in [4.69, 9.17) is 10.5 Å². The van der Waals surface area contributed by atoms with Crippen LogP contribution in [0.3, 0.4) is 0 Å². The molecule has 110 valence electrons. The molecule has 1 rings (SSSR count). The van der Waals surface area contributed by atoms with Crippen molar-refractivity contribution in [3.63, 3.8) is 0 Å². The minimum atomic E-state index is -0.295. The van der Waals surface area contributed by atoms with Crippen LogP contribution in [0, 0.1) is 0 Å². The van der Waals surface area contributed by atoms with Gasteiger partial charge in [-0.15, -0.1) is 0 Å². The summed E-state index contributed by atoms with van der Waals surface area (Å²) in [7, 11) is 0. The summed E-state index contributed by atoms with van der Waals surface area (Å²) in [5.74, 6) is -0.295. The molecule has 19 heavy (non-hydrogen) atoms. The molecule has 1 atom stereocenters. The van der Waals surface area contributed by atoms with E-state index in [-0.39, 0.29) is 5.91 Å². The maximum absolute atomic E-state index is 10.8. The average molecular weight is 267 g/mol. The van der Waals surface area contributed by atoms with E-state index in [0.717, 1.165) is 13.0 Å². The van der Waals surface area contributed by atoms with E-state index in [9.17, 15) is 4.79 Å². The fraction of sp³-hybridized carbons (Fsp3) is 0.812. The molecular formula is C16H29NO2. The lowest BCUT2D eigenvalue weighted by molar-refractivity contribution is -0.114. The Morgan fingerprint density at radius 3 is 2.16 bits per heavy atom. The zero-order valence-corrected chi connectivity index (χ0v) is 12.3. The highest BCUT2D eigenvalue weighted by Gasteiger charge is 2.20. The van der Waals surface area contributed by atoms with Gasteiger partial charge in [0.1, 0.15) is 0 Å². The lowest BCUT2D eigenvalue weighted by Crippen LogP contribution is -2.11. The molecule has 2 N–H and O–H groups in total. The standard InChI is InChI=1S/C16H29NO2/c1-14(16(17)18)11-9-7-5-3-2-4-6-8-10-12-15-13-19-15/h11,15H,2-10,12-13H2,1H3,(H2,17,18). The van der Waals surface area contributed by atoms with E-state index >= 15 is 0 Å². The molecule has 0 aromatic carbocycles. The Labute approximate surface area is 117 Å². The van der Waals surface area contributed by atoms with Crippen LogP contribution in [0.25, 0.3) is 0 Å². The summed E-state index contributed by atoms with van der Waals surface area (Å²) in [5, 5.41) is 0. The predicted octanol–water partition coefficient (Wildman–Crippen LogP) is 3.72. The van der Waals surface area contributed by atoms with Gasteiger partial charge in [0, 0.05) is 5.57 Å². The molecule has 3 heteroatoms. The summed E-state index contributed by atoms with van der Waals surface area (Å²) in [6.45, 7) is 2.79. The predicted molar refractivity (Wildman–Crippen MR) is 78.9 cm³/mol. The molecule has 1 heterocycles. The average Bonchev–Trinajstić information content (AvgIpc) is 3.19. The van der Waals surface area contributed by atoms with Crippen LogP contribution in [0.1, 0.15) is 71.1 Å². The molecule has 3 nitrogen and oxygen atoms in total. The van der Waals surface area contributed by atoms with E-state index in [0.29, 0.717) is 11.7 Å². The first-order chi connectivity index (χ1) is 9.20. The lowest BCUT2D eigenvalue weighted by Gasteiger charge is -2.01. The minimum absolute atomic E-state index is 0.295. The number of amides is 1. The molecule has 0 aliphatic carbocycles. The molecule has 0 bridgehead atoms. The lowest BCUT2D eigenvalue weighted by atomic mass is 10.1. The molecule has 0 saturated carbocycles. The number of carbonyl (C=O) groups is 1. The van der Waals surface area contributed by atoms with Gasteiger partial charge in [0.2, 0.25) is 5.91 Å². The van der Waals surface area contributed by atoms with Crippen molar-refractivity contribution in [3.05, 3.63) is 11.6 Å². The van der Waals surface area contributed by atoms with Crippen LogP contribution < -0.4 is 5.73 Å². The van der Waals surface area contributed by atoms with Crippen LogP contribution in [-0.2, 0) is 9.53 Å². The van der Waals surface area contributed by atoms with Crippen molar-refractivity contribution in [3.8, 4) is 0 Å². The van der Waals surface area contributed by atoms with Gasteiger partial charge in [-0.05, 0) is 26.2 Å². The Hall–Kier alpha value is -0.830. The summed E-state index contributed by atoms with van der Waals surface area (Å²) in [6.07, 6.45) is 15.3. The number of hydrogen-bond acceptors (Lipinski definition) is 2. The maximum Gasteiger partial charge on any atom is 0.244 e. The van der Waals surface area contributed by atoms with Gasteiger partial charge in [0.05, 0.1) is 12.7 Å². The van der Waals surface area contributed by atoms with Crippen LogP contribution in [0.15, 0.2) is 11.6 Å². The third-order valence-electron chi connectivity index (χ3n) is 3.72. The van der Waals surface area contributed by atoms with Crippen molar-refractivity contribution in [1.29, 1.82) is 0 Å². The number of hydrogen-bond donors (Lipinski definition) is 1. The van der Waals surface area contributed by atoms with Crippen LogP contribution in [0.4, 0.5) is 0 Å². The number of rotatable bonds is 12. The normalized spacial score (nSPS) is 18.6. The summed E-state index contributed by atoms with van der Waals surface area (Å²) in [5.41, 5.74) is 5.86. The number of nitrogens with two attached hydrogens (primary N) is 1. The van der Waals surface area contributed by atoms with Gasteiger partial charge in [0.25, 0.3) is 0 Å². The van der Waals surface area contributed by atoms with E-state index in [1.165, 1.54) is 57.8 Å². The maximum atomic E-state index is 10.8. The topological polar surface area (TPSA) is 55.6 Å². The van der Waals surface area contributed by atoms with Crippen molar-refractivity contribution in [1.82, 2.24) is 0 Å². The fourth-order valence-electron chi connectivity index (χ4n) is 2.23. The molecule has 1 fully saturated rings. The van der Waals surface area contributed by atoms with Crippen molar-refractivity contribution in [2.24, 2.45) is 5.73 Å². The van der Waals surface area contributed by atoms with Gasteiger partial charge in [-0.25, -0.2) is 0 Å². The summed E-state index contributed by atoms with van der Waals surface area (Å²) in [6, 6.07) is 0. The number of epoxide rings is 1. The number of primary amides is 1. The Morgan fingerprint density at radius 1 is 1.11 bits per heavy atom. The quantitative estimate of drug-likeness (QED) is 0.333. The number of carbonyl (C=O) groups excluding carboxylic acids is 1. The fourth-order valence-corrected chi connectivity index (χ4v) is 2.23. The Bertz CT molecular complexity index is 282. The highest BCUT2D eigenvalue weighted by atomic mass is 16.6. The minimum Gasteiger partial charge on any atom is -0.373 e. The van der Waals surface area contributed by atoms with E-state index < -0.39 is 0 Å². The van der Waals surface area contributed by atoms with E-state index in [2.05, 4.69) is 0 Å². The SMILES string of the molecule is CC(=CCCCCCCCCCCC1CO1)C(N)=O. The molecule has 0 radical (unpaired) electrons. The van der Waals surface area contributed by atoms with Crippen molar-refractivity contribution in [2.75, 3.05) is 6.61 Å². The molecule has 1 unspecified atom stereocenters. The largest absolute Gasteiger partial charge is 0.373 e. The molecule has 0 aromatic heterocycles. The Balaban J connectivity index is 1.75. The zero-order valence-electron chi connectivity index (χ0n) is 12.3. The van der Waals surface area contributed by atoms with Crippen LogP contribution >= 0.6 is 0 Å².